The van der Waals surface area contributed by atoms with Crippen molar-refractivity contribution in [3.05, 3.63) is 53.4 Å². The molecule has 1 aliphatic heterocycles. The number of aromatic nitrogens is 4. The fourth-order valence-corrected chi connectivity index (χ4v) is 3.43. The fraction of sp³-hybridized carbons (Fsp3) is 0.421. The molecule has 0 bridgehead atoms. The first-order valence-electron chi connectivity index (χ1n) is 8.81. The lowest BCUT2D eigenvalue weighted by Crippen LogP contribution is -2.37. The molecule has 0 saturated heterocycles. The van der Waals surface area contributed by atoms with Crippen molar-refractivity contribution in [2.45, 2.75) is 51.7 Å². The minimum Gasteiger partial charge on any atom is -0.322 e. The van der Waals surface area contributed by atoms with E-state index in [1.807, 2.05) is 39.7 Å². The topological polar surface area (TPSA) is 70.9 Å². The zero-order valence-corrected chi connectivity index (χ0v) is 14.6. The van der Waals surface area contributed by atoms with Gasteiger partial charge < -0.3 is 9.72 Å². The molecule has 0 amide bonds. The second kappa shape index (κ2) is 6.34. The lowest BCUT2D eigenvalue weighted by Gasteiger charge is -2.23. The summed E-state index contributed by atoms with van der Waals surface area (Å²) in [4.78, 5) is 4.64. The van der Waals surface area contributed by atoms with E-state index in [1.54, 1.807) is 0 Å². The molecule has 128 valence electrons. The van der Waals surface area contributed by atoms with Crippen molar-refractivity contribution in [2.75, 3.05) is 0 Å². The van der Waals surface area contributed by atoms with E-state index in [1.165, 1.54) is 0 Å². The smallest absolute Gasteiger partial charge is 0.153 e. The van der Waals surface area contributed by atoms with Crippen molar-refractivity contribution >= 4 is 5.52 Å². The molecular weight excluding hydrogens is 312 g/mol. The average Bonchev–Trinajstić information content (AvgIpc) is 3.20. The summed E-state index contributed by atoms with van der Waals surface area (Å²) in [5, 5.41) is 17.7. The first-order chi connectivity index (χ1) is 12.2. The highest BCUT2D eigenvalue weighted by Gasteiger charge is 2.22. The Hall–Kier alpha value is -2.65. The maximum absolute atomic E-state index is 9.51. The van der Waals surface area contributed by atoms with Gasteiger partial charge in [-0.25, -0.2) is 9.67 Å². The molecule has 6 heteroatoms. The van der Waals surface area contributed by atoms with E-state index < -0.39 is 0 Å². The maximum atomic E-state index is 9.51. The van der Waals surface area contributed by atoms with Gasteiger partial charge in [-0.2, -0.15) is 10.4 Å². The van der Waals surface area contributed by atoms with E-state index >= 15 is 0 Å². The zero-order chi connectivity index (χ0) is 17.4. The summed E-state index contributed by atoms with van der Waals surface area (Å²) in [5.74, 6) is 2.38. The van der Waals surface area contributed by atoms with Crippen molar-refractivity contribution < 1.29 is 0 Å². The van der Waals surface area contributed by atoms with Gasteiger partial charge in [0.2, 0.25) is 0 Å². The molecule has 3 aromatic rings. The number of nitrogens with zero attached hydrogens (tertiary/aromatic N) is 5. The third-order valence-electron chi connectivity index (χ3n) is 4.85. The van der Waals surface area contributed by atoms with Crippen LogP contribution in [0.5, 0.6) is 0 Å². The van der Waals surface area contributed by atoms with Gasteiger partial charge in [-0.3, -0.25) is 0 Å². The van der Waals surface area contributed by atoms with Gasteiger partial charge >= 0.3 is 0 Å². The molecule has 0 fully saturated rings. The Balaban J connectivity index is 1.48. The molecule has 25 heavy (non-hydrogen) atoms. The van der Waals surface area contributed by atoms with Crippen LogP contribution in [0.3, 0.4) is 0 Å². The Labute approximate surface area is 147 Å². The number of nitrogens with one attached hydrogen (secondary N) is 1. The summed E-state index contributed by atoms with van der Waals surface area (Å²) in [6, 6.07) is 8.63. The Morgan fingerprint density at radius 1 is 1.40 bits per heavy atom. The molecule has 0 aliphatic carbocycles. The maximum Gasteiger partial charge on any atom is 0.153 e. The van der Waals surface area contributed by atoms with E-state index in [-0.39, 0.29) is 0 Å². The summed E-state index contributed by atoms with van der Waals surface area (Å²) in [6.07, 6.45) is 6.02. The van der Waals surface area contributed by atoms with Crippen LogP contribution in [0, 0.1) is 11.3 Å². The monoisotopic (exact) mass is 334 g/mol. The molecule has 3 aromatic heterocycles. The minimum absolute atomic E-state index is 0.351. The molecule has 6 nitrogen and oxygen atoms in total. The van der Waals surface area contributed by atoms with Crippen molar-refractivity contribution in [1.82, 2.24) is 24.5 Å². The van der Waals surface area contributed by atoms with Crippen molar-refractivity contribution in [1.29, 1.82) is 5.26 Å². The molecule has 1 N–H and O–H groups in total. The highest BCUT2D eigenvalue weighted by atomic mass is 15.4. The Kier molecular flexibility index (Phi) is 4.02. The Morgan fingerprint density at radius 3 is 3.08 bits per heavy atom. The third-order valence-corrected chi connectivity index (χ3v) is 4.85. The van der Waals surface area contributed by atoms with Crippen LogP contribution in [0.25, 0.3) is 5.52 Å². The van der Waals surface area contributed by atoms with E-state index in [4.69, 9.17) is 0 Å². The molecule has 4 rings (SSSR count). The van der Waals surface area contributed by atoms with Gasteiger partial charge in [-0.15, -0.1) is 0 Å². The molecule has 1 unspecified atom stereocenters. The number of fused-ring (bicyclic) bond motifs is 2. The number of aryl methyl sites for hydroxylation is 1. The highest BCUT2D eigenvalue weighted by Crippen LogP contribution is 2.20. The van der Waals surface area contributed by atoms with Gasteiger partial charge in [0, 0.05) is 42.9 Å². The molecule has 4 heterocycles. The summed E-state index contributed by atoms with van der Waals surface area (Å²) in [7, 11) is 0. The Bertz CT molecular complexity index is 943. The lowest BCUT2D eigenvalue weighted by atomic mass is 10.1. The second-order valence-corrected chi connectivity index (χ2v) is 6.97. The van der Waals surface area contributed by atoms with Crippen LogP contribution in [-0.4, -0.2) is 25.2 Å². The molecule has 1 atom stereocenters. The average molecular weight is 334 g/mol. The number of pyridine rings is 1. The molecular formula is C19H22N6. The number of hydrogen-bond acceptors (Lipinski definition) is 4. The second-order valence-electron chi connectivity index (χ2n) is 6.97. The van der Waals surface area contributed by atoms with Crippen LogP contribution in [0.15, 0.2) is 30.6 Å². The van der Waals surface area contributed by atoms with Crippen molar-refractivity contribution in [3.63, 3.8) is 0 Å². The molecule has 0 radical (unpaired) electrons. The summed E-state index contributed by atoms with van der Waals surface area (Å²) in [6.45, 7) is 5.77. The number of hydrogen-bond donors (Lipinski definition) is 1. The predicted molar refractivity (Wildman–Crippen MR) is 95.2 cm³/mol. The van der Waals surface area contributed by atoms with E-state index in [0.29, 0.717) is 18.5 Å². The fourth-order valence-electron chi connectivity index (χ4n) is 3.43. The lowest BCUT2D eigenvalue weighted by molar-refractivity contribution is 0.357. The van der Waals surface area contributed by atoms with Crippen LogP contribution < -0.4 is 5.32 Å². The standard InChI is InChI=1S/C19H22N6/c1-13(2)19-22-18-7-6-15(12-25(18)23-19)21-10-14-11-24-8-4-3-5-17(24)16(14)9-20/h3-5,8,11,13,15,21H,6-7,10,12H2,1-2H3. The highest BCUT2D eigenvalue weighted by molar-refractivity contribution is 5.65. The third kappa shape index (κ3) is 2.92. The minimum atomic E-state index is 0.351. The zero-order valence-electron chi connectivity index (χ0n) is 14.6. The quantitative estimate of drug-likeness (QED) is 0.796. The van der Waals surface area contributed by atoms with Gasteiger partial charge in [-0.1, -0.05) is 19.9 Å². The number of rotatable bonds is 4. The van der Waals surface area contributed by atoms with Crippen LogP contribution in [0.4, 0.5) is 0 Å². The van der Waals surface area contributed by atoms with Crippen LogP contribution in [0.2, 0.25) is 0 Å². The van der Waals surface area contributed by atoms with Crippen LogP contribution in [-0.2, 0) is 19.5 Å². The number of nitriles is 1. The largest absolute Gasteiger partial charge is 0.322 e. The van der Waals surface area contributed by atoms with Gasteiger partial charge in [-0.05, 0) is 18.6 Å². The summed E-state index contributed by atoms with van der Waals surface area (Å²) < 4.78 is 4.05. The van der Waals surface area contributed by atoms with Gasteiger partial charge in [0.05, 0.1) is 17.6 Å². The summed E-state index contributed by atoms with van der Waals surface area (Å²) >= 11 is 0. The van der Waals surface area contributed by atoms with E-state index in [2.05, 4.69) is 35.3 Å². The van der Waals surface area contributed by atoms with E-state index in [0.717, 1.165) is 47.7 Å². The molecule has 1 aliphatic rings. The van der Waals surface area contributed by atoms with Gasteiger partial charge in [0.1, 0.15) is 11.9 Å². The van der Waals surface area contributed by atoms with E-state index in [9.17, 15) is 5.26 Å². The normalized spacial score (nSPS) is 17.0. The predicted octanol–water partition coefficient (Wildman–Crippen LogP) is 2.63. The molecule has 0 saturated carbocycles. The summed E-state index contributed by atoms with van der Waals surface area (Å²) in [5.41, 5.74) is 2.76. The van der Waals surface area contributed by atoms with Crippen molar-refractivity contribution in [2.24, 2.45) is 0 Å². The van der Waals surface area contributed by atoms with Crippen LogP contribution in [0.1, 0.15) is 49.0 Å². The van der Waals surface area contributed by atoms with Crippen LogP contribution >= 0.6 is 0 Å². The first-order valence-corrected chi connectivity index (χ1v) is 8.81. The SMILES string of the molecule is CC(C)c1nc2n(n1)CC(NCc1cn3ccccc3c1C#N)CC2. The Morgan fingerprint density at radius 2 is 2.28 bits per heavy atom. The molecule has 0 spiro atoms. The first kappa shape index (κ1) is 15.9. The van der Waals surface area contributed by atoms with Gasteiger partial charge in [0.15, 0.2) is 5.82 Å². The molecule has 0 aromatic carbocycles. The van der Waals surface area contributed by atoms with Crippen molar-refractivity contribution in [3.8, 4) is 6.07 Å². The van der Waals surface area contributed by atoms with Gasteiger partial charge in [0.25, 0.3) is 0 Å².